The zero-order valence-corrected chi connectivity index (χ0v) is 39.4. The van der Waals surface area contributed by atoms with Gasteiger partial charge in [-0.3, -0.25) is 9.59 Å². The number of aliphatic hydroxyl groups excluding tert-OH is 1. The van der Waals surface area contributed by atoms with Crippen LogP contribution in [0.2, 0.25) is 0 Å². The standard InChI is InChI=1S/C23H38O.C22H36O2.2CH3I/c1-15-9-12-23(4)18(13-15)6-7-19-20-8-5-17(16(2)24)14-22(20,3)11-10-21(19)23;1-14(23)15-4-7-19-18-6-5-16-12-17(24)8-11-22(16,3)20(18)9-10-21(19,2)13-15;2*1-2/h15,17-21H,5-14H2,1-4H3;15-20,24H,4-13H2,1-3H3;2*1H3/t15-,17-,18+,19+,20+,21+,22-,23+;15-,16+,17-,18+,19+,20+,21-,22+;;/m11../s1. The van der Waals surface area contributed by atoms with Gasteiger partial charge in [0.2, 0.25) is 0 Å². The molecule has 52 heavy (non-hydrogen) atoms. The van der Waals surface area contributed by atoms with Crippen LogP contribution in [0.3, 0.4) is 0 Å². The first-order valence-electron chi connectivity index (χ1n) is 22.1. The lowest BCUT2D eigenvalue weighted by Gasteiger charge is -2.63. The Balaban J connectivity index is 0.000000184. The van der Waals surface area contributed by atoms with Gasteiger partial charge in [-0.05, 0) is 221 Å². The number of rotatable bonds is 2. The van der Waals surface area contributed by atoms with Crippen LogP contribution in [0.5, 0.6) is 0 Å². The van der Waals surface area contributed by atoms with Crippen LogP contribution in [0.1, 0.15) is 177 Å². The molecule has 0 aromatic rings. The summed E-state index contributed by atoms with van der Waals surface area (Å²) >= 11 is 4.30. The molecule has 16 atom stereocenters. The number of carbonyl (C=O) groups is 2. The third-order valence-electron chi connectivity index (χ3n) is 18.8. The van der Waals surface area contributed by atoms with E-state index in [1.165, 1.54) is 103 Å². The largest absolute Gasteiger partial charge is 0.393 e. The minimum Gasteiger partial charge on any atom is -0.393 e. The van der Waals surface area contributed by atoms with E-state index >= 15 is 0 Å². The molecule has 0 spiro atoms. The van der Waals surface area contributed by atoms with Gasteiger partial charge in [-0.15, -0.1) is 0 Å². The summed E-state index contributed by atoms with van der Waals surface area (Å²) in [7, 11) is 0. The number of hydrogen-bond donors (Lipinski definition) is 1. The summed E-state index contributed by atoms with van der Waals surface area (Å²) in [6.07, 6.45) is 26.2. The van der Waals surface area contributed by atoms with Crippen molar-refractivity contribution in [3.05, 3.63) is 0 Å². The van der Waals surface area contributed by atoms with Gasteiger partial charge < -0.3 is 5.11 Å². The maximum Gasteiger partial charge on any atom is 0.132 e. The molecule has 8 fully saturated rings. The Morgan fingerprint density at radius 2 is 0.942 bits per heavy atom. The molecule has 3 nitrogen and oxygen atoms in total. The fraction of sp³-hybridized carbons (Fsp3) is 0.957. The molecule has 0 saturated heterocycles. The van der Waals surface area contributed by atoms with Crippen LogP contribution in [0.25, 0.3) is 0 Å². The van der Waals surface area contributed by atoms with E-state index in [4.69, 9.17) is 0 Å². The van der Waals surface area contributed by atoms with Gasteiger partial charge in [-0.2, -0.15) is 0 Å². The van der Waals surface area contributed by atoms with Crippen LogP contribution >= 0.6 is 45.2 Å². The number of hydrogen-bond acceptors (Lipinski definition) is 3. The van der Waals surface area contributed by atoms with Gasteiger partial charge >= 0.3 is 0 Å². The molecule has 0 aromatic carbocycles. The average molecular weight is 947 g/mol. The van der Waals surface area contributed by atoms with Crippen molar-refractivity contribution >= 4 is 56.7 Å². The van der Waals surface area contributed by atoms with Gasteiger partial charge in [0, 0.05) is 11.8 Å². The van der Waals surface area contributed by atoms with Gasteiger partial charge in [0.1, 0.15) is 11.6 Å². The second kappa shape index (κ2) is 17.7. The molecule has 8 aliphatic carbocycles. The van der Waals surface area contributed by atoms with Crippen LogP contribution in [0, 0.1) is 86.8 Å². The zero-order chi connectivity index (χ0) is 38.2. The van der Waals surface area contributed by atoms with E-state index in [1.54, 1.807) is 6.92 Å². The van der Waals surface area contributed by atoms with Crippen molar-refractivity contribution < 1.29 is 14.7 Å². The Kier molecular flexibility index (Phi) is 14.9. The van der Waals surface area contributed by atoms with E-state index in [0.717, 1.165) is 78.9 Å². The molecular formula is C47H80I2O3. The summed E-state index contributed by atoms with van der Waals surface area (Å²) in [5, 5.41) is 10.1. The molecule has 300 valence electrons. The van der Waals surface area contributed by atoms with E-state index in [2.05, 4.69) is 79.8 Å². The predicted octanol–water partition coefficient (Wildman–Crippen LogP) is 13.3. The Morgan fingerprint density at radius 3 is 1.38 bits per heavy atom. The number of ketones is 2. The maximum atomic E-state index is 12.0. The molecule has 0 amide bonds. The number of Topliss-reactive ketones (excluding diaryl/α,β-unsaturated/α-hetero) is 2. The Bertz CT molecular complexity index is 1130. The molecule has 0 bridgehead atoms. The van der Waals surface area contributed by atoms with Crippen molar-refractivity contribution in [2.24, 2.45) is 86.8 Å². The average Bonchev–Trinajstić information content (AvgIpc) is 3.12. The van der Waals surface area contributed by atoms with Crippen molar-refractivity contribution in [3.63, 3.8) is 0 Å². The number of halogens is 2. The lowest BCUT2D eigenvalue weighted by atomic mass is 9.42. The van der Waals surface area contributed by atoms with Crippen molar-refractivity contribution in [2.75, 3.05) is 9.86 Å². The molecule has 0 radical (unpaired) electrons. The van der Waals surface area contributed by atoms with E-state index in [-0.39, 0.29) is 6.10 Å². The summed E-state index contributed by atoms with van der Waals surface area (Å²) in [4.78, 5) is 27.9. The van der Waals surface area contributed by atoms with Gasteiger partial charge in [0.15, 0.2) is 0 Å². The van der Waals surface area contributed by atoms with Crippen molar-refractivity contribution in [1.29, 1.82) is 0 Å². The maximum absolute atomic E-state index is 12.0. The number of aliphatic hydroxyl groups is 1. The second-order valence-corrected chi connectivity index (χ2v) is 21.2. The monoisotopic (exact) mass is 946 g/mol. The van der Waals surface area contributed by atoms with E-state index < -0.39 is 0 Å². The molecule has 1 N–H and O–H groups in total. The van der Waals surface area contributed by atoms with Crippen LogP contribution < -0.4 is 0 Å². The summed E-state index contributed by atoms with van der Waals surface area (Å²) in [6.45, 7) is 16.4. The van der Waals surface area contributed by atoms with Gasteiger partial charge in [-0.25, -0.2) is 0 Å². The van der Waals surface area contributed by atoms with Crippen LogP contribution in [-0.4, -0.2) is 32.6 Å². The van der Waals surface area contributed by atoms with Crippen molar-refractivity contribution in [1.82, 2.24) is 0 Å². The lowest BCUT2D eigenvalue weighted by Crippen LogP contribution is -2.55. The molecular weight excluding hydrogens is 866 g/mol. The minimum absolute atomic E-state index is 0.0421. The first kappa shape index (κ1) is 43.9. The SMILES string of the molecule is CC(=O)[C@@H]1CC[C@H]2[C@@H]3CC[C@H]4C[C@H](C)CC[C@]4(C)[C@H]3CC[C@]2(C)C1.CC(=O)[C@@H]1CC[C@H]2[C@@H]3CC[C@H]4C[C@H](O)CC[C@]4(C)[C@H]3CC[C@]2(C)C1.CI.CI. The normalized spacial score (nSPS) is 50.4. The fourth-order valence-electron chi connectivity index (χ4n) is 15.9. The summed E-state index contributed by atoms with van der Waals surface area (Å²) in [6, 6.07) is 0. The Morgan fingerprint density at radius 1 is 0.519 bits per heavy atom. The van der Waals surface area contributed by atoms with E-state index in [0.29, 0.717) is 45.1 Å². The van der Waals surface area contributed by atoms with E-state index in [9.17, 15) is 14.7 Å². The third-order valence-corrected chi connectivity index (χ3v) is 18.8. The highest BCUT2D eigenvalue weighted by Crippen LogP contribution is 2.67. The van der Waals surface area contributed by atoms with Gasteiger partial charge in [-0.1, -0.05) is 86.2 Å². The predicted molar refractivity (Wildman–Crippen MR) is 236 cm³/mol. The number of fused-ring (bicyclic) bond motifs is 10. The quantitative estimate of drug-likeness (QED) is 0.222. The first-order valence-corrected chi connectivity index (χ1v) is 26.4. The van der Waals surface area contributed by atoms with Gasteiger partial charge in [0.05, 0.1) is 6.10 Å². The highest BCUT2D eigenvalue weighted by Gasteiger charge is 2.59. The summed E-state index contributed by atoms with van der Waals surface area (Å²) in [5.74, 6) is 9.74. The lowest BCUT2D eigenvalue weighted by molar-refractivity contribution is -0.147. The van der Waals surface area contributed by atoms with Gasteiger partial charge in [0.25, 0.3) is 0 Å². The Labute approximate surface area is 348 Å². The highest BCUT2D eigenvalue weighted by atomic mass is 127. The number of carbonyl (C=O) groups excluding carboxylic acids is 2. The third kappa shape index (κ3) is 8.34. The van der Waals surface area contributed by atoms with Crippen LogP contribution in [0.4, 0.5) is 0 Å². The van der Waals surface area contributed by atoms with Crippen molar-refractivity contribution in [3.8, 4) is 0 Å². The number of alkyl halides is 2. The molecule has 5 heteroatoms. The van der Waals surface area contributed by atoms with Crippen LogP contribution in [0.15, 0.2) is 0 Å². The van der Waals surface area contributed by atoms with E-state index in [1.807, 2.05) is 16.8 Å². The molecule has 0 aromatic heterocycles. The molecule has 8 aliphatic rings. The highest BCUT2D eigenvalue weighted by molar-refractivity contribution is 14.1. The topological polar surface area (TPSA) is 54.4 Å². The molecule has 0 heterocycles. The smallest absolute Gasteiger partial charge is 0.132 e. The zero-order valence-electron chi connectivity index (χ0n) is 35.1. The summed E-state index contributed by atoms with van der Waals surface area (Å²) < 4.78 is 0. The van der Waals surface area contributed by atoms with Crippen LogP contribution in [-0.2, 0) is 9.59 Å². The molecule has 0 unspecified atom stereocenters. The molecule has 0 aliphatic heterocycles. The molecule has 8 rings (SSSR count). The second-order valence-electron chi connectivity index (χ2n) is 21.2. The van der Waals surface area contributed by atoms with Crippen molar-refractivity contribution in [2.45, 2.75) is 183 Å². The minimum atomic E-state index is -0.0421. The first-order chi connectivity index (χ1) is 24.7. The molecule has 8 saturated carbocycles. The Hall–Kier alpha value is 0.760. The fourth-order valence-corrected chi connectivity index (χ4v) is 15.9. The summed E-state index contributed by atoms with van der Waals surface area (Å²) in [5.41, 5.74) is 1.98.